The number of pyridine rings is 1. The Hall–Kier alpha value is -4.05. The zero-order valence-corrected chi connectivity index (χ0v) is 19.4. The number of thioether (sulfide) groups is 1. The van der Waals surface area contributed by atoms with Gasteiger partial charge in [0.25, 0.3) is 5.69 Å². The van der Waals surface area contributed by atoms with Gasteiger partial charge in [-0.05, 0) is 36.8 Å². The van der Waals surface area contributed by atoms with Crippen molar-refractivity contribution in [3.63, 3.8) is 0 Å². The number of aromatic nitrogens is 4. The van der Waals surface area contributed by atoms with Crippen molar-refractivity contribution in [1.82, 2.24) is 24.6 Å². The van der Waals surface area contributed by atoms with Crippen LogP contribution in [0.2, 0.25) is 0 Å². The fraction of sp³-hybridized carbons (Fsp3) is 0.167. The molecule has 2 heterocycles. The van der Waals surface area contributed by atoms with E-state index in [4.69, 9.17) is 0 Å². The minimum atomic E-state index is -0.440. The van der Waals surface area contributed by atoms with E-state index in [0.29, 0.717) is 16.5 Å². The zero-order chi connectivity index (χ0) is 24.1. The van der Waals surface area contributed by atoms with E-state index in [-0.39, 0.29) is 23.4 Å². The van der Waals surface area contributed by atoms with Gasteiger partial charge in [0.2, 0.25) is 5.91 Å². The third-order valence-electron chi connectivity index (χ3n) is 5.43. The molecule has 2 aromatic carbocycles. The van der Waals surface area contributed by atoms with Crippen molar-refractivity contribution in [2.24, 2.45) is 0 Å². The molecule has 0 aliphatic carbocycles. The first kappa shape index (κ1) is 23.1. The predicted molar refractivity (Wildman–Crippen MR) is 130 cm³/mol. The highest BCUT2D eigenvalue weighted by molar-refractivity contribution is 7.99. The summed E-state index contributed by atoms with van der Waals surface area (Å²) in [6.45, 7) is 1.84. The van der Waals surface area contributed by atoms with Gasteiger partial charge in [-0.15, -0.1) is 10.2 Å². The van der Waals surface area contributed by atoms with E-state index in [1.165, 1.54) is 23.9 Å². The van der Waals surface area contributed by atoms with Crippen LogP contribution in [0.3, 0.4) is 0 Å². The summed E-state index contributed by atoms with van der Waals surface area (Å²) in [6, 6.07) is 19.4. The van der Waals surface area contributed by atoms with Gasteiger partial charge < -0.3 is 4.90 Å². The monoisotopic (exact) mass is 474 g/mol. The maximum absolute atomic E-state index is 13.0. The van der Waals surface area contributed by atoms with Crippen LogP contribution >= 0.6 is 11.8 Å². The third kappa shape index (κ3) is 4.96. The van der Waals surface area contributed by atoms with Gasteiger partial charge in [-0.25, -0.2) is 0 Å². The highest BCUT2D eigenvalue weighted by atomic mass is 32.2. The van der Waals surface area contributed by atoms with Crippen LogP contribution in [-0.2, 0) is 4.79 Å². The van der Waals surface area contributed by atoms with Crippen molar-refractivity contribution in [3.05, 3.63) is 94.8 Å². The van der Waals surface area contributed by atoms with Gasteiger partial charge in [0.1, 0.15) is 0 Å². The molecule has 0 N–H and O–H groups in total. The predicted octanol–water partition coefficient (Wildman–Crippen LogP) is 4.55. The molecule has 0 fully saturated rings. The SMILES string of the molecule is CC(c1cccc([N+](=O)[O-])c1)N(C)C(=O)CSc1nnc(-c2cccnc2)n1-c1ccccc1. The maximum Gasteiger partial charge on any atom is 0.269 e. The summed E-state index contributed by atoms with van der Waals surface area (Å²) in [5, 5.41) is 20.4. The molecule has 9 nitrogen and oxygen atoms in total. The first-order valence-electron chi connectivity index (χ1n) is 10.5. The van der Waals surface area contributed by atoms with Crippen molar-refractivity contribution in [2.75, 3.05) is 12.8 Å². The summed E-state index contributed by atoms with van der Waals surface area (Å²) < 4.78 is 1.90. The lowest BCUT2D eigenvalue weighted by Gasteiger charge is -2.25. The number of hydrogen-bond donors (Lipinski definition) is 0. The fourth-order valence-corrected chi connectivity index (χ4v) is 4.30. The Kier molecular flexibility index (Phi) is 6.98. The summed E-state index contributed by atoms with van der Waals surface area (Å²) in [4.78, 5) is 29.4. The number of nitro groups is 1. The highest BCUT2D eigenvalue weighted by Crippen LogP contribution is 2.29. The number of nitro benzene ring substituents is 1. The lowest BCUT2D eigenvalue weighted by molar-refractivity contribution is -0.384. The molecule has 0 aliphatic heterocycles. The molecule has 1 amide bonds. The Bertz CT molecular complexity index is 1300. The number of para-hydroxylation sites is 1. The molecule has 172 valence electrons. The Morgan fingerprint density at radius 3 is 2.62 bits per heavy atom. The van der Waals surface area contributed by atoms with E-state index in [9.17, 15) is 14.9 Å². The molecule has 0 bridgehead atoms. The molecule has 0 saturated carbocycles. The molecule has 4 aromatic rings. The van der Waals surface area contributed by atoms with E-state index < -0.39 is 4.92 Å². The van der Waals surface area contributed by atoms with Gasteiger partial charge in [-0.3, -0.25) is 24.5 Å². The number of non-ortho nitro benzene ring substituents is 1. The van der Waals surface area contributed by atoms with Crippen molar-refractivity contribution in [1.29, 1.82) is 0 Å². The summed E-state index contributed by atoms with van der Waals surface area (Å²) >= 11 is 1.28. The minimum Gasteiger partial charge on any atom is -0.338 e. The van der Waals surface area contributed by atoms with Gasteiger partial charge in [0.05, 0.1) is 16.7 Å². The van der Waals surface area contributed by atoms with E-state index in [1.54, 1.807) is 36.5 Å². The number of rotatable bonds is 8. The highest BCUT2D eigenvalue weighted by Gasteiger charge is 2.22. The van der Waals surface area contributed by atoms with Crippen LogP contribution in [0.4, 0.5) is 5.69 Å². The Labute approximate surface area is 200 Å². The van der Waals surface area contributed by atoms with Crippen LogP contribution in [0.1, 0.15) is 18.5 Å². The van der Waals surface area contributed by atoms with Gasteiger partial charge in [0, 0.05) is 42.8 Å². The summed E-state index contributed by atoms with van der Waals surface area (Å²) in [5.41, 5.74) is 2.38. The summed E-state index contributed by atoms with van der Waals surface area (Å²) in [7, 11) is 1.69. The second-order valence-corrected chi connectivity index (χ2v) is 8.48. The molecular formula is C24H22N6O3S. The molecule has 0 aliphatic rings. The Morgan fingerprint density at radius 2 is 1.91 bits per heavy atom. The summed E-state index contributed by atoms with van der Waals surface area (Å²) in [5.74, 6) is 0.635. The van der Waals surface area contributed by atoms with Crippen LogP contribution in [0.15, 0.2) is 84.3 Å². The standard InChI is InChI=1S/C24H22N6O3S/c1-17(18-8-6-12-21(14-18)30(32)33)28(2)22(31)16-34-24-27-26-23(19-9-7-13-25-15-19)29(24)20-10-4-3-5-11-20/h3-15,17H,16H2,1-2H3. The van der Waals surface area contributed by atoms with Gasteiger partial charge in [-0.1, -0.05) is 42.1 Å². The van der Waals surface area contributed by atoms with Crippen LogP contribution in [0.25, 0.3) is 17.1 Å². The van der Waals surface area contributed by atoms with Crippen LogP contribution in [0, 0.1) is 10.1 Å². The molecule has 0 radical (unpaired) electrons. The number of carbonyl (C=O) groups is 1. The topological polar surface area (TPSA) is 107 Å². The normalized spacial score (nSPS) is 11.7. The second-order valence-electron chi connectivity index (χ2n) is 7.54. The van der Waals surface area contributed by atoms with Crippen LogP contribution in [0.5, 0.6) is 0 Å². The minimum absolute atomic E-state index is 0.00142. The van der Waals surface area contributed by atoms with E-state index in [2.05, 4.69) is 15.2 Å². The van der Waals surface area contributed by atoms with E-state index in [1.807, 2.05) is 54.0 Å². The number of hydrogen-bond acceptors (Lipinski definition) is 7. The third-order valence-corrected chi connectivity index (χ3v) is 6.34. The zero-order valence-electron chi connectivity index (χ0n) is 18.6. The molecule has 0 spiro atoms. The van der Waals surface area contributed by atoms with Gasteiger partial charge >= 0.3 is 0 Å². The van der Waals surface area contributed by atoms with Crippen molar-refractivity contribution < 1.29 is 9.72 Å². The molecule has 0 saturated heterocycles. The van der Waals surface area contributed by atoms with E-state index in [0.717, 1.165) is 11.3 Å². The molecule has 2 aromatic heterocycles. The first-order chi connectivity index (χ1) is 16.5. The first-order valence-corrected chi connectivity index (χ1v) is 11.5. The van der Waals surface area contributed by atoms with Crippen molar-refractivity contribution in [3.8, 4) is 17.1 Å². The summed E-state index contributed by atoms with van der Waals surface area (Å²) in [6.07, 6.45) is 3.41. The van der Waals surface area contributed by atoms with Gasteiger partial charge in [0.15, 0.2) is 11.0 Å². The molecule has 4 rings (SSSR count). The number of benzene rings is 2. The van der Waals surface area contributed by atoms with Crippen molar-refractivity contribution >= 4 is 23.4 Å². The largest absolute Gasteiger partial charge is 0.338 e. The average Bonchev–Trinajstić information content (AvgIpc) is 3.31. The molecule has 1 atom stereocenters. The molecule has 34 heavy (non-hydrogen) atoms. The lowest BCUT2D eigenvalue weighted by Crippen LogP contribution is -2.31. The lowest BCUT2D eigenvalue weighted by atomic mass is 10.1. The number of carbonyl (C=O) groups excluding carboxylic acids is 1. The van der Waals surface area contributed by atoms with Crippen LogP contribution in [-0.4, -0.2) is 48.3 Å². The van der Waals surface area contributed by atoms with Gasteiger partial charge in [-0.2, -0.15) is 0 Å². The Morgan fingerprint density at radius 1 is 1.12 bits per heavy atom. The number of nitrogens with zero attached hydrogens (tertiary/aromatic N) is 6. The second kappa shape index (κ2) is 10.3. The quantitative estimate of drug-likeness (QED) is 0.209. The smallest absolute Gasteiger partial charge is 0.269 e. The van der Waals surface area contributed by atoms with Crippen molar-refractivity contribution in [2.45, 2.75) is 18.1 Å². The van der Waals surface area contributed by atoms with E-state index >= 15 is 0 Å². The molecular weight excluding hydrogens is 452 g/mol. The Balaban J connectivity index is 1.54. The maximum atomic E-state index is 13.0. The molecule has 10 heteroatoms. The number of amides is 1. The van der Waals surface area contributed by atoms with Crippen LogP contribution < -0.4 is 0 Å². The fourth-order valence-electron chi connectivity index (χ4n) is 3.42. The molecule has 1 unspecified atom stereocenters. The average molecular weight is 475 g/mol.